The summed E-state index contributed by atoms with van der Waals surface area (Å²) >= 11 is 0. The number of anilines is 2. The maximum absolute atomic E-state index is 13.5. The Hall–Kier alpha value is -4.00. The molecule has 4 N–H and O–H groups in total. The van der Waals surface area contributed by atoms with E-state index in [-0.39, 0.29) is 60.3 Å². The van der Waals surface area contributed by atoms with Gasteiger partial charge in [0.05, 0.1) is 36.0 Å². The monoisotopic (exact) mass is 579 g/mol. The molecule has 10 nitrogen and oxygen atoms in total. The third-order valence-electron chi connectivity index (χ3n) is 6.62. The van der Waals surface area contributed by atoms with E-state index in [1.807, 2.05) is 6.92 Å². The van der Waals surface area contributed by atoms with Crippen LogP contribution in [0.1, 0.15) is 43.6 Å². The highest BCUT2D eigenvalue weighted by atomic mass is 19.4. The number of hydrogen-bond acceptors (Lipinski definition) is 5. The molecule has 0 aliphatic carbocycles. The lowest BCUT2D eigenvalue weighted by Gasteiger charge is -2.38. The molecule has 3 atom stereocenters. The van der Waals surface area contributed by atoms with Crippen molar-refractivity contribution in [2.75, 3.05) is 37.4 Å². The van der Waals surface area contributed by atoms with E-state index in [0.29, 0.717) is 0 Å². The van der Waals surface area contributed by atoms with Gasteiger partial charge in [0.15, 0.2) is 5.75 Å². The van der Waals surface area contributed by atoms with Gasteiger partial charge in [0.1, 0.15) is 6.10 Å². The van der Waals surface area contributed by atoms with Crippen LogP contribution in [0.3, 0.4) is 0 Å². The number of benzene rings is 2. The molecule has 0 aromatic heterocycles. The van der Waals surface area contributed by atoms with Crippen LogP contribution in [0.2, 0.25) is 0 Å². The number of carbonyl (C=O) groups is 3. The average Bonchev–Trinajstić information content (AvgIpc) is 2.89. The van der Waals surface area contributed by atoms with E-state index in [2.05, 4.69) is 16.0 Å². The van der Waals surface area contributed by atoms with Crippen molar-refractivity contribution in [3.8, 4) is 5.75 Å². The molecular formula is C28H36F3N5O5. The molecule has 1 heterocycles. The lowest BCUT2D eigenvalue weighted by Crippen LogP contribution is -2.50. The summed E-state index contributed by atoms with van der Waals surface area (Å²) in [6.07, 6.45) is -5.16. The van der Waals surface area contributed by atoms with Gasteiger partial charge < -0.3 is 35.6 Å². The zero-order chi connectivity index (χ0) is 30.5. The maximum atomic E-state index is 13.5. The van der Waals surface area contributed by atoms with Crippen molar-refractivity contribution in [3.63, 3.8) is 0 Å². The van der Waals surface area contributed by atoms with Crippen molar-refractivity contribution in [1.29, 1.82) is 0 Å². The van der Waals surface area contributed by atoms with Crippen LogP contribution >= 0.6 is 0 Å². The first-order valence-electron chi connectivity index (χ1n) is 13.2. The Kier molecular flexibility index (Phi) is 10.1. The van der Waals surface area contributed by atoms with Gasteiger partial charge in [0.25, 0.3) is 5.91 Å². The summed E-state index contributed by atoms with van der Waals surface area (Å²) in [6.45, 7) is 7.12. The second-order valence-electron chi connectivity index (χ2n) is 10.4. The standard InChI is InChI=1S/C28H36F3N5O5/c1-16(2)32-26(39)34-22-8-6-7-21-24(22)41-23(17(3)13-36(25(21)38)18(4)15-37)14-35(5)27(40)33-20-11-9-19(10-12-20)28(29,30)31/h6-12,16-18,23,37H,13-15H2,1-5H3,(H,33,40)(H2,32,34,39)/t17-,18-,23-/m0/s1. The van der Waals surface area contributed by atoms with Gasteiger partial charge in [-0.2, -0.15) is 13.2 Å². The molecule has 0 saturated carbocycles. The van der Waals surface area contributed by atoms with Gasteiger partial charge in [-0.05, 0) is 57.2 Å². The fraction of sp³-hybridized carbons (Fsp3) is 0.464. The number of halogens is 3. The van der Waals surface area contributed by atoms with Crippen LogP contribution in [0, 0.1) is 5.92 Å². The third-order valence-corrected chi connectivity index (χ3v) is 6.62. The Labute approximate surface area is 236 Å². The molecular weight excluding hydrogens is 543 g/mol. The van der Waals surface area contributed by atoms with Crippen molar-refractivity contribution in [3.05, 3.63) is 53.6 Å². The number of rotatable bonds is 7. The quantitative estimate of drug-likeness (QED) is 0.381. The minimum Gasteiger partial charge on any atom is -0.485 e. The molecule has 0 fully saturated rings. The van der Waals surface area contributed by atoms with E-state index in [0.717, 1.165) is 12.1 Å². The number of aliphatic hydroxyl groups excluding tert-OH is 1. The number of carbonyl (C=O) groups excluding carboxylic acids is 3. The Morgan fingerprint density at radius 3 is 2.37 bits per heavy atom. The zero-order valence-electron chi connectivity index (χ0n) is 23.6. The molecule has 3 rings (SSSR count). The fourth-order valence-electron chi connectivity index (χ4n) is 4.29. The highest BCUT2D eigenvalue weighted by Crippen LogP contribution is 2.35. The van der Waals surface area contributed by atoms with Crippen LogP contribution in [0.15, 0.2) is 42.5 Å². The van der Waals surface area contributed by atoms with Crippen LogP contribution in [0.5, 0.6) is 5.75 Å². The van der Waals surface area contributed by atoms with E-state index in [9.17, 15) is 32.7 Å². The molecule has 2 aromatic rings. The summed E-state index contributed by atoms with van der Waals surface area (Å²) in [5.41, 5.74) is -0.215. The summed E-state index contributed by atoms with van der Waals surface area (Å²) in [6, 6.07) is 7.12. The molecule has 0 saturated heterocycles. The molecule has 5 amide bonds. The third kappa shape index (κ3) is 8.03. The number of fused-ring (bicyclic) bond motifs is 1. The molecule has 1 aliphatic rings. The van der Waals surface area contributed by atoms with Crippen molar-refractivity contribution >= 4 is 29.3 Å². The van der Waals surface area contributed by atoms with Crippen LogP contribution in [0.4, 0.5) is 34.1 Å². The lowest BCUT2D eigenvalue weighted by atomic mass is 9.99. The Morgan fingerprint density at radius 2 is 1.78 bits per heavy atom. The van der Waals surface area contributed by atoms with E-state index in [4.69, 9.17) is 4.74 Å². The van der Waals surface area contributed by atoms with Gasteiger partial charge >= 0.3 is 18.2 Å². The topological polar surface area (TPSA) is 123 Å². The normalized spacial score (nSPS) is 18.0. The van der Waals surface area contributed by atoms with Gasteiger partial charge in [-0.1, -0.05) is 13.0 Å². The van der Waals surface area contributed by atoms with Gasteiger partial charge in [-0.3, -0.25) is 4.79 Å². The van der Waals surface area contributed by atoms with Crippen LogP contribution in [0.25, 0.3) is 0 Å². The predicted octanol–water partition coefficient (Wildman–Crippen LogP) is 4.62. The molecule has 1 aliphatic heterocycles. The Balaban J connectivity index is 1.88. The minimum atomic E-state index is -4.49. The van der Waals surface area contributed by atoms with E-state index < -0.39 is 35.9 Å². The summed E-state index contributed by atoms with van der Waals surface area (Å²) in [5, 5.41) is 17.8. The lowest BCUT2D eigenvalue weighted by molar-refractivity contribution is -0.137. The maximum Gasteiger partial charge on any atom is 0.416 e. The van der Waals surface area contributed by atoms with Crippen LogP contribution < -0.4 is 20.7 Å². The van der Waals surface area contributed by atoms with E-state index in [1.165, 1.54) is 29.0 Å². The van der Waals surface area contributed by atoms with Gasteiger partial charge in [-0.25, -0.2) is 9.59 Å². The van der Waals surface area contributed by atoms with Crippen LogP contribution in [-0.4, -0.2) is 77.8 Å². The zero-order valence-corrected chi connectivity index (χ0v) is 23.6. The highest BCUT2D eigenvalue weighted by molar-refractivity contribution is 6.01. The molecule has 0 unspecified atom stereocenters. The fourth-order valence-corrected chi connectivity index (χ4v) is 4.29. The predicted molar refractivity (Wildman–Crippen MR) is 148 cm³/mol. The second-order valence-corrected chi connectivity index (χ2v) is 10.4. The number of likely N-dealkylation sites (N-methyl/N-ethyl adjacent to an activating group) is 1. The molecule has 0 radical (unpaired) electrons. The smallest absolute Gasteiger partial charge is 0.416 e. The molecule has 2 aromatic carbocycles. The average molecular weight is 580 g/mol. The molecule has 224 valence electrons. The van der Waals surface area contributed by atoms with Crippen molar-refractivity contribution in [1.82, 2.24) is 15.1 Å². The van der Waals surface area contributed by atoms with Crippen LogP contribution in [-0.2, 0) is 6.18 Å². The van der Waals surface area contributed by atoms with Gasteiger partial charge in [-0.15, -0.1) is 0 Å². The summed E-state index contributed by atoms with van der Waals surface area (Å²) in [7, 11) is 1.51. The number of alkyl halides is 3. The number of nitrogens with zero attached hydrogens (tertiary/aromatic N) is 2. The van der Waals surface area contributed by atoms with E-state index in [1.54, 1.807) is 39.0 Å². The minimum absolute atomic E-state index is 0.0368. The number of nitrogens with one attached hydrogen (secondary N) is 3. The van der Waals surface area contributed by atoms with Crippen molar-refractivity contribution < 1.29 is 37.4 Å². The first-order valence-corrected chi connectivity index (χ1v) is 13.2. The summed E-state index contributed by atoms with van der Waals surface area (Å²) < 4.78 is 45.0. The van der Waals surface area contributed by atoms with Gasteiger partial charge in [0, 0.05) is 31.2 Å². The Bertz CT molecular complexity index is 1240. The second kappa shape index (κ2) is 13.1. The molecule has 13 heteroatoms. The van der Waals surface area contributed by atoms with Gasteiger partial charge in [0.2, 0.25) is 0 Å². The van der Waals surface area contributed by atoms with Crippen molar-refractivity contribution in [2.24, 2.45) is 5.92 Å². The number of ether oxygens (including phenoxy) is 1. The molecule has 0 spiro atoms. The molecule has 41 heavy (non-hydrogen) atoms. The SMILES string of the molecule is CC(C)NC(=O)Nc1cccc2c1O[C@@H](CN(C)C(=O)Nc1ccc(C(F)(F)F)cc1)[C@@H](C)CN([C@@H](C)CO)C2=O. The van der Waals surface area contributed by atoms with E-state index >= 15 is 0 Å². The Morgan fingerprint density at radius 1 is 1.12 bits per heavy atom. The first kappa shape index (κ1) is 31.5. The number of aliphatic hydroxyl groups is 1. The largest absolute Gasteiger partial charge is 0.485 e. The highest BCUT2D eigenvalue weighted by Gasteiger charge is 2.35. The summed E-state index contributed by atoms with van der Waals surface area (Å²) in [5.74, 6) is -0.590. The number of para-hydroxylation sites is 1. The summed E-state index contributed by atoms with van der Waals surface area (Å²) in [4.78, 5) is 41.8. The molecule has 0 bridgehead atoms. The first-order chi connectivity index (χ1) is 19.2. The number of urea groups is 2. The number of hydrogen-bond donors (Lipinski definition) is 4. The van der Waals surface area contributed by atoms with Crippen molar-refractivity contribution in [2.45, 2.75) is 52.1 Å². The number of amides is 5.